The molecule has 0 saturated heterocycles. The van der Waals surface area contributed by atoms with Crippen LogP contribution in [0.1, 0.15) is 20.3 Å². The number of Topliss-reactive ketones (excluding diaryl/α,β-unsaturated/α-hetero) is 1. The summed E-state index contributed by atoms with van der Waals surface area (Å²) in [5.41, 5.74) is 1.59. The Morgan fingerprint density at radius 2 is 2.00 bits per heavy atom. The first-order valence-corrected chi connectivity index (χ1v) is 3.90. The van der Waals surface area contributed by atoms with Crippen molar-refractivity contribution in [2.24, 2.45) is 0 Å². The molecular formula is C7H8Cl2O. The fourth-order valence-corrected chi connectivity index (χ4v) is 1.54. The summed E-state index contributed by atoms with van der Waals surface area (Å²) in [5, 5.41) is 0. The van der Waals surface area contributed by atoms with Gasteiger partial charge in [0.05, 0.1) is 0 Å². The van der Waals surface area contributed by atoms with Gasteiger partial charge in [-0.25, -0.2) is 0 Å². The van der Waals surface area contributed by atoms with Crippen LogP contribution in [0, 0.1) is 0 Å². The summed E-state index contributed by atoms with van der Waals surface area (Å²) in [5.74, 6) is -0.129. The molecule has 10 heavy (non-hydrogen) atoms. The Bertz CT molecular complexity index is 216. The third-order valence-corrected chi connectivity index (χ3v) is 2.75. The van der Waals surface area contributed by atoms with Gasteiger partial charge in [-0.3, -0.25) is 4.79 Å². The molecule has 0 heterocycles. The predicted molar refractivity (Wildman–Crippen MR) is 42.4 cm³/mol. The maximum absolute atomic E-state index is 11.0. The van der Waals surface area contributed by atoms with Gasteiger partial charge in [-0.1, -0.05) is 30.1 Å². The molecule has 0 fully saturated rings. The third kappa shape index (κ3) is 0.807. The Morgan fingerprint density at radius 3 is 2.20 bits per heavy atom. The number of ketones is 1. The van der Waals surface area contributed by atoms with Crippen LogP contribution in [0.15, 0.2) is 11.1 Å². The summed E-state index contributed by atoms with van der Waals surface area (Å²) in [7, 11) is 0. The van der Waals surface area contributed by atoms with Crippen molar-refractivity contribution < 1.29 is 4.79 Å². The van der Waals surface area contributed by atoms with Crippen LogP contribution in [-0.2, 0) is 4.79 Å². The summed E-state index contributed by atoms with van der Waals surface area (Å²) in [6.07, 6.45) is 0.728. The van der Waals surface area contributed by atoms with Crippen LogP contribution in [-0.4, -0.2) is 10.1 Å². The molecule has 0 N–H and O–H groups in total. The number of hydrogen-bond donors (Lipinski definition) is 0. The van der Waals surface area contributed by atoms with E-state index in [1.165, 1.54) is 0 Å². The molecule has 1 aliphatic rings. The summed E-state index contributed by atoms with van der Waals surface area (Å²) >= 11 is 11.3. The zero-order valence-corrected chi connectivity index (χ0v) is 7.38. The number of carbonyl (C=O) groups is 1. The van der Waals surface area contributed by atoms with Crippen LogP contribution in [0.4, 0.5) is 0 Å². The minimum absolute atomic E-state index is 0.129. The maximum Gasteiger partial charge on any atom is 0.201 e. The smallest absolute Gasteiger partial charge is 0.201 e. The molecule has 56 valence electrons. The highest BCUT2D eigenvalue weighted by Crippen LogP contribution is 2.44. The summed E-state index contributed by atoms with van der Waals surface area (Å²) < 4.78 is -1.20. The minimum Gasteiger partial charge on any atom is -0.291 e. The quantitative estimate of drug-likeness (QED) is 0.565. The van der Waals surface area contributed by atoms with Crippen molar-refractivity contribution in [3.63, 3.8) is 0 Å². The Kier molecular flexibility index (Phi) is 1.82. The van der Waals surface area contributed by atoms with Gasteiger partial charge in [-0.15, -0.1) is 0 Å². The molecule has 3 heteroatoms. The van der Waals surface area contributed by atoms with Crippen molar-refractivity contribution >= 4 is 29.0 Å². The molecule has 0 aromatic heterocycles. The fraction of sp³-hybridized carbons (Fsp3) is 0.571. The average molecular weight is 179 g/mol. The second-order valence-electron chi connectivity index (χ2n) is 2.36. The van der Waals surface area contributed by atoms with E-state index in [0.29, 0.717) is 0 Å². The number of halogens is 2. The van der Waals surface area contributed by atoms with Gasteiger partial charge in [0.2, 0.25) is 4.33 Å². The first kappa shape index (κ1) is 8.09. The van der Waals surface area contributed by atoms with Gasteiger partial charge in [0.25, 0.3) is 0 Å². The summed E-state index contributed by atoms with van der Waals surface area (Å²) in [4.78, 5) is 11.0. The molecule has 0 aromatic rings. The van der Waals surface area contributed by atoms with E-state index in [1.54, 1.807) is 6.92 Å². The number of allylic oxidation sites excluding steroid dienone is 2. The molecule has 0 aromatic carbocycles. The van der Waals surface area contributed by atoms with E-state index in [1.807, 2.05) is 6.92 Å². The van der Waals surface area contributed by atoms with E-state index in [2.05, 4.69) is 0 Å². The fourth-order valence-electron chi connectivity index (χ4n) is 1.08. The second-order valence-corrected chi connectivity index (χ2v) is 3.69. The van der Waals surface area contributed by atoms with Crippen molar-refractivity contribution in [3.05, 3.63) is 11.1 Å². The Balaban J connectivity index is 2.99. The number of alkyl halides is 2. The first-order valence-electron chi connectivity index (χ1n) is 3.14. The Hall–Kier alpha value is -0.0100. The SMILES string of the molecule is CCC1=C(C)C(Cl)(Cl)C1=O. The van der Waals surface area contributed by atoms with Gasteiger partial charge in [0, 0.05) is 5.57 Å². The van der Waals surface area contributed by atoms with Crippen molar-refractivity contribution in [1.82, 2.24) is 0 Å². The topological polar surface area (TPSA) is 17.1 Å². The first-order chi connectivity index (χ1) is 4.51. The highest BCUT2D eigenvalue weighted by Gasteiger charge is 2.47. The van der Waals surface area contributed by atoms with Gasteiger partial charge in [0.1, 0.15) is 0 Å². The summed E-state index contributed by atoms with van der Waals surface area (Å²) in [6.45, 7) is 3.71. The molecule has 0 aliphatic heterocycles. The molecule has 0 unspecified atom stereocenters. The van der Waals surface area contributed by atoms with Crippen LogP contribution in [0.25, 0.3) is 0 Å². The third-order valence-electron chi connectivity index (χ3n) is 1.84. The minimum atomic E-state index is -1.20. The van der Waals surface area contributed by atoms with E-state index in [0.717, 1.165) is 17.6 Å². The molecule has 0 bridgehead atoms. The van der Waals surface area contributed by atoms with Crippen LogP contribution in [0.3, 0.4) is 0 Å². The lowest BCUT2D eigenvalue weighted by molar-refractivity contribution is -0.117. The van der Waals surface area contributed by atoms with Crippen molar-refractivity contribution in [3.8, 4) is 0 Å². The van der Waals surface area contributed by atoms with Crippen molar-refractivity contribution in [2.45, 2.75) is 24.6 Å². The molecule has 0 saturated carbocycles. The second kappa shape index (κ2) is 2.24. The van der Waals surface area contributed by atoms with Crippen LogP contribution in [0.2, 0.25) is 0 Å². The van der Waals surface area contributed by atoms with Gasteiger partial charge in [-0.05, 0) is 18.9 Å². The van der Waals surface area contributed by atoms with Gasteiger partial charge >= 0.3 is 0 Å². The monoisotopic (exact) mass is 178 g/mol. The standard InChI is InChI=1S/C7H8Cl2O/c1-3-5-4(2)7(8,9)6(5)10/h3H2,1-2H3. The van der Waals surface area contributed by atoms with Gasteiger partial charge < -0.3 is 0 Å². The molecule has 0 atom stereocenters. The molecular weight excluding hydrogens is 171 g/mol. The normalized spacial score (nSPS) is 23.0. The number of rotatable bonds is 1. The number of carbonyl (C=O) groups excluding carboxylic acids is 1. The lowest BCUT2D eigenvalue weighted by Crippen LogP contribution is -2.39. The van der Waals surface area contributed by atoms with Crippen molar-refractivity contribution in [1.29, 1.82) is 0 Å². The van der Waals surface area contributed by atoms with Crippen LogP contribution < -0.4 is 0 Å². The van der Waals surface area contributed by atoms with E-state index >= 15 is 0 Å². The lowest BCUT2D eigenvalue weighted by atomic mass is 9.85. The zero-order valence-electron chi connectivity index (χ0n) is 5.87. The Morgan fingerprint density at radius 1 is 1.50 bits per heavy atom. The summed E-state index contributed by atoms with van der Waals surface area (Å²) in [6, 6.07) is 0. The molecule has 1 rings (SSSR count). The zero-order chi connectivity index (χ0) is 7.94. The van der Waals surface area contributed by atoms with E-state index in [9.17, 15) is 4.79 Å². The molecule has 1 aliphatic carbocycles. The number of hydrogen-bond acceptors (Lipinski definition) is 1. The largest absolute Gasteiger partial charge is 0.291 e. The van der Waals surface area contributed by atoms with E-state index < -0.39 is 4.33 Å². The van der Waals surface area contributed by atoms with E-state index in [-0.39, 0.29) is 5.78 Å². The van der Waals surface area contributed by atoms with E-state index in [4.69, 9.17) is 23.2 Å². The molecule has 1 nitrogen and oxygen atoms in total. The lowest BCUT2D eigenvalue weighted by Gasteiger charge is -2.31. The predicted octanol–water partition coefficient (Wildman–Crippen LogP) is 2.47. The molecule has 0 radical (unpaired) electrons. The average Bonchev–Trinajstić information content (AvgIpc) is 1.89. The Labute approximate surface area is 70.0 Å². The van der Waals surface area contributed by atoms with Gasteiger partial charge in [-0.2, -0.15) is 0 Å². The molecule has 0 amide bonds. The maximum atomic E-state index is 11.0. The van der Waals surface area contributed by atoms with Crippen LogP contribution >= 0.6 is 23.2 Å². The highest BCUT2D eigenvalue weighted by molar-refractivity contribution is 6.64. The van der Waals surface area contributed by atoms with Crippen molar-refractivity contribution in [2.75, 3.05) is 0 Å². The molecule has 0 spiro atoms. The van der Waals surface area contributed by atoms with Crippen LogP contribution in [0.5, 0.6) is 0 Å². The van der Waals surface area contributed by atoms with Gasteiger partial charge in [0.15, 0.2) is 5.78 Å². The highest BCUT2D eigenvalue weighted by atomic mass is 35.5.